The Hall–Kier alpha value is -0.690. The fourth-order valence-electron chi connectivity index (χ4n) is 1.25. The summed E-state index contributed by atoms with van der Waals surface area (Å²) in [6.45, 7) is 2.18. The van der Waals surface area contributed by atoms with Gasteiger partial charge in [-0.05, 0) is 18.1 Å². The Bertz CT molecular complexity index is 233. The Morgan fingerprint density at radius 1 is 1.17 bits per heavy atom. The van der Waals surface area contributed by atoms with Gasteiger partial charge in [-0.3, -0.25) is 0 Å². The second-order valence-electron chi connectivity index (χ2n) is 2.88. The van der Waals surface area contributed by atoms with Gasteiger partial charge in [0.05, 0.1) is 0 Å². The number of para-hydroxylation sites is 1. The zero-order chi connectivity index (χ0) is 8.27. The van der Waals surface area contributed by atoms with Gasteiger partial charge < -0.3 is 4.90 Å². The van der Waals surface area contributed by atoms with E-state index in [4.69, 9.17) is 0 Å². The molecule has 0 saturated heterocycles. The molecule has 1 nitrogen and oxygen atoms in total. The third-order valence-electron chi connectivity index (χ3n) is 1.85. The first-order chi connectivity index (χ1) is 5.25. The van der Waals surface area contributed by atoms with E-state index in [1.807, 2.05) is 0 Å². The average molecular weight is 186 g/mol. The summed E-state index contributed by atoms with van der Waals surface area (Å²) in [5, 5.41) is 0. The lowest BCUT2D eigenvalue weighted by molar-refractivity contribution is 1.06. The number of anilines is 1. The maximum Gasteiger partial charge on any atom is 0.0393 e. The summed E-state index contributed by atoms with van der Waals surface area (Å²) in [7, 11) is 4.16. The Kier molecular flexibility index (Phi) is 4.75. The van der Waals surface area contributed by atoms with Crippen LogP contribution in [-0.4, -0.2) is 14.1 Å². The standard InChI is InChI=1S/C10H15N.ClH/c1-4-9-7-5-6-8-10(9)11(2)3;/h5-8H,4H2,1-3H3;1H. The van der Waals surface area contributed by atoms with E-state index in [9.17, 15) is 0 Å². The monoisotopic (exact) mass is 185 g/mol. The molecule has 1 aromatic rings. The summed E-state index contributed by atoms with van der Waals surface area (Å²) >= 11 is 0. The summed E-state index contributed by atoms with van der Waals surface area (Å²) in [6.07, 6.45) is 1.11. The van der Waals surface area contributed by atoms with Gasteiger partial charge in [-0.1, -0.05) is 25.1 Å². The van der Waals surface area contributed by atoms with Gasteiger partial charge >= 0.3 is 0 Å². The van der Waals surface area contributed by atoms with Crippen LogP contribution in [0.5, 0.6) is 0 Å². The fourth-order valence-corrected chi connectivity index (χ4v) is 1.25. The number of aryl methyl sites for hydroxylation is 1. The summed E-state index contributed by atoms with van der Waals surface area (Å²) < 4.78 is 0. The van der Waals surface area contributed by atoms with Crippen LogP contribution in [0.25, 0.3) is 0 Å². The molecule has 68 valence electrons. The number of nitrogens with zero attached hydrogens (tertiary/aromatic N) is 1. The van der Waals surface area contributed by atoms with Crippen molar-refractivity contribution in [2.45, 2.75) is 13.3 Å². The van der Waals surface area contributed by atoms with E-state index in [0.717, 1.165) is 6.42 Å². The molecule has 0 saturated carbocycles. The molecule has 0 heterocycles. The molecule has 0 aliphatic carbocycles. The van der Waals surface area contributed by atoms with Gasteiger partial charge in [-0.2, -0.15) is 0 Å². The van der Waals surface area contributed by atoms with E-state index in [2.05, 4.69) is 50.2 Å². The molecule has 0 spiro atoms. The summed E-state index contributed by atoms with van der Waals surface area (Å²) in [4.78, 5) is 2.15. The van der Waals surface area contributed by atoms with Gasteiger partial charge in [0.2, 0.25) is 0 Å². The smallest absolute Gasteiger partial charge is 0.0393 e. The molecule has 12 heavy (non-hydrogen) atoms. The first-order valence-electron chi connectivity index (χ1n) is 4.01. The minimum absolute atomic E-state index is 0. The molecule has 2 heteroatoms. The van der Waals surface area contributed by atoms with E-state index in [0.29, 0.717) is 0 Å². The Labute approximate surface area is 80.8 Å². The van der Waals surface area contributed by atoms with E-state index in [-0.39, 0.29) is 12.4 Å². The number of hydrogen-bond donors (Lipinski definition) is 0. The number of hydrogen-bond acceptors (Lipinski definition) is 1. The maximum absolute atomic E-state index is 2.18. The van der Waals surface area contributed by atoms with Gasteiger partial charge in [0.1, 0.15) is 0 Å². The molecule has 0 unspecified atom stereocenters. The molecule has 0 fully saturated rings. The Balaban J connectivity index is 0.00000121. The lowest BCUT2D eigenvalue weighted by Crippen LogP contribution is -2.10. The zero-order valence-corrected chi connectivity index (χ0v) is 8.69. The van der Waals surface area contributed by atoms with Gasteiger partial charge in [0.25, 0.3) is 0 Å². The number of rotatable bonds is 2. The lowest BCUT2D eigenvalue weighted by atomic mass is 10.1. The highest BCUT2D eigenvalue weighted by molar-refractivity contribution is 5.85. The predicted octanol–water partition coefficient (Wildman–Crippen LogP) is 2.74. The van der Waals surface area contributed by atoms with Crippen molar-refractivity contribution in [1.82, 2.24) is 0 Å². The summed E-state index contributed by atoms with van der Waals surface area (Å²) in [5.74, 6) is 0. The Morgan fingerprint density at radius 3 is 2.17 bits per heavy atom. The third kappa shape index (κ3) is 2.42. The van der Waals surface area contributed by atoms with E-state index in [1.54, 1.807) is 0 Å². The van der Waals surface area contributed by atoms with Crippen molar-refractivity contribution in [3.05, 3.63) is 29.8 Å². The molecule has 0 amide bonds. The fraction of sp³-hybridized carbons (Fsp3) is 0.400. The van der Waals surface area contributed by atoms with Crippen molar-refractivity contribution in [2.75, 3.05) is 19.0 Å². The molecule has 1 aromatic carbocycles. The second kappa shape index (κ2) is 5.04. The van der Waals surface area contributed by atoms with E-state index in [1.165, 1.54) is 11.3 Å². The molecule has 0 atom stereocenters. The van der Waals surface area contributed by atoms with E-state index < -0.39 is 0 Å². The quantitative estimate of drug-likeness (QED) is 0.685. The largest absolute Gasteiger partial charge is 0.377 e. The van der Waals surface area contributed by atoms with Crippen LogP contribution in [0.3, 0.4) is 0 Å². The predicted molar refractivity (Wildman–Crippen MR) is 57.4 cm³/mol. The van der Waals surface area contributed by atoms with Crippen molar-refractivity contribution in [1.29, 1.82) is 0 Å². The molecule has 0 N–H and O–H groups in total. The Morgan fingerprint density at radius 2 is 1.75 bits per heavy atom. The highest BCUT2D eigenvalue weighted by Gasteiger charge is 1.99. The van der Waals surface area contributed by atoms with Crippen LogP contribution in [0.1, 0.15) is 12.5 Å². The second-order valence-corrected chi connectivity index (χ2v) is 2.88. The first-order valence-corrected chi connectivity index (χ1v) is 4.01. The minimum atomic E-state index is 0. The highest BCUT2D eigenvalue weighted by Crippen LogP contribution is 2.17. The van der Waals surface area contributed by atoms with Crippen LogP contribution in [-0.2, 0) is 6.42 Å². The van der Waals surface area contributed by atoms with Crippen LogP contribution >= 0.6 is 12.4 Å². The molecular formula is C10H16ClN. The topological polar surface area (TPSA) is 3.24 Å². The molecule has 0 aliphatic heterocycles. The van der Waals surface area contributed by atoms with Crippen molar-refractivity contribution >= 4 is 18.1 Å². The third-order valence-corrected chi connectivity index (χ3v) is 1.85. The van der Waals surface area contributed by atoms with E-state index >= 15 is 0 Å². The van der Waals surface area contributed by atoms with Gasteiger partial charge in [-0.25, -0.2) is 0 Å². The molecule has 0 aromatic heterocycles. The molecule has 0 bridgehead atoms. The summed E-state index contributed by atoms with van der Waals surface area (Å²) in [5.41, 5.74) is 2.74. The number of benzene rings is 1. The van der Waals surface area contributed by atoms with Gasteiger partial charge in [0.15, 0.2) is 0 Å². The van der Waals surface area contributed by atoms with Crippen molar-refractivity contribution < 1.29 is 0 Å². The van der Waals surface area contributed by atoms with Crippen LogP contribution in [0.2, 0.25) is 0 Å². The summed E-state index contributed by atoms with van der Waals surface area (Å²) in [6, 6.07) is 8.49. The SMILES string of the molecule is CCc1ccccc1N(C)C.Cl. The van der Waals surface area contributed by atoms with Crippen LogP contribution in [0, 0.1) is 0 Å². The lowest BCUT2D eigenvalue weighted by Gasteiger charge is -2.15. The normalized spacial score (nSPS) is 8.92. The molecule has 1 rings (SSSR count). The van der Waals surface area contributed by atoms with Crippen molar-refractivity contribution in [3.8, 4) is 0 Å². The van der Waals surface area contributed by atoms with Crippen LogP contribution in [0.4, 0.5) is 5.69 Å². The van der Waals surface area contributed by atoms with Crippen LogP contribution < -0.4 is 4.90 Å². The maximum atomic E-state index is 2.18. The first kappa shape index (κ1) is 11.3. The highest BCUT2D eigenvalue weighted by atomic mass is 35.5. The zero-order valence-electron chi connectivity index (χ0n) is 7.87. The average Bonchev–Trinajstić information content (AvgIpc) is 2.04. The van der Waals surface area contributed by atoms with Gasteiger partial charge in [0, 0.05) is 19.8 Å². The van der Waals surface area contributed by atoms with Crippen LogP contribution in [0.15, 0.2) is 24.3 Å². The van der Waals surface area contributed by atoms with Crippen molar-refractivity contribution in [3.63, 3.8) is 0 Å². The van der Waals surface area contributed by atoms with Crippen molar-refractivity contribution in [2.24, 2.45) is 0 Å². The minimum Gasteiger partial charge on any atom is -0.377 e. The molecular weight excluding hydrogens is 170 g/mol. The van der Waals surface area contributed by atoms with Gasteiger partial charge in [-0.15, -0.1) is 12.4 Å². The number of halogens is 1. The molecule has 0 aliphatic rings. The molecule has 0 radical (unpaired) electrons.